The van der Waals surface area contributed by atoms with E-state index in [1.165, 1.54) is 0 Å². The summed E-state index contributed by atoms with van der Waals surface area (Å²) in [6, 6.07) is 3.80. The molecule has 0 spiro atoms. The van der Waals surface area contributed by atoms with Crippen molar-refractivity contribution in [3.8, 4) is 17.2 Å². The highest BCUT2D eigenvalue weighted by atomic mass is 16.5. The van der Waals surface area contributed by atoms with Crippen molar-refractivity contribution in [1.29, 1.82) is 0 Å². The molecule has 0 aliphatic heterocycles. The highest BCUT2D eigenvalue weighted by molar-refractivity contribution is 5.79. The Balaban J connectivity index is 2.05. The fraction of sp³-hybridized carbons (Fsp3) is 0.526. The van der Waals surface area contributed by atoms with Crippen molar-refractivity contribution in [2.75, 3.05) is 34.4 Å². The molecule has 2 N–H and O–H groups in total. The zero-order valence-electron chi connectivity index (χ0n) is 17.3. The van der Waals surface area contributed by atoms with Crippen LogP contribution >= 0.6 is 0 Å². The van der Waals surface area contributed by atoms with Crippen LogP contribution in [0.3, 0.4) is 0 Å². The van der Waals surface area contributed by atoms with E-state index in [1.807, 2.05) is 23.6 Å². The lowest BCUT2D eigenvalue weighted by molar-refractivity contribution is 0.324. The van der Waals surface area contributed by atoms with Gasteiger partial charge in [0.25, 0.3) is 0 Å². The SMILES string of the molecule is CCNC(=NCc1cc(OC)c(OC)c(OC)c1)NCCn1cnnc1CC. The zero-order chi connectivity index (χ0) is 20.4. The quantitative estimate of drug-likeness (QED) is 0.470. The van der Waals surface area contributed by atoms with Crippen molar-refractivity contribution < 1.29 is 14.2 Å². The maximum Gasteiger partial charge on any atom is 0.203 e. The van der Waals surface area contributed by atoms with Gasteiger partial charge in [-0.05, 0) is 24.6 Å². The normalized spacial score (nSPS) is 11.2. The lowest BCUT2D eigenvalue weighted by Gasteiger charge is -2.14. The molecule has 2 rings (SSSR count). The number of ether oxygens (including phenoxy) is 3. The van der Waals surface area contributed by atoms with Crippen LogP contribution in [0, 0.1) is 0 Å². The van der Waals surface area contributed by atoms with E-state index in [2.05, 4.69) is 32.7 Å². The Morgan fingerprint density at radius 2 is 1.79 bits per heavy atom. The largest absolute Gasteiger partial charge is 0.493 e. The third-order valence-electron chi connectivity index (χ3n) is 4.15. The van der Waals surface area contributed by atoms with Crippen LogP contribution in [-0.2, 0) is 19.5 Å². The standard InChI is InChI=1S/C19H30N6O3/c1-6-17-24-23-13-25(17)9-8-21-19(20-7-2)22-12-14-10-15(26-3)18(28-5)16(11-14)27-4/h10-11,13H,6-9,12H2,1-5H3,(H2,20,21,22). The Kier molecular flexibility index (Phi) is 8.38. The van der Waals surface area contributed by atoms with Crippen molar-refractivity contribution >= 4 is 5.96 Å². The molecule has 0 aliphatic rings. The highest BCUT2D eigenvalue weighted by Crippen LogP contribution is 2.38. The van der Waals surface area contributed by atoms with Gasteiger partial charge in [-0.2, -0.15) is 0 Å². The van der Waals surface area contributed by atoms with Gasteiger partial charge in [-0.15, -0.1) is 10.2 Å². The van der Waals surface area contributed by atoms with E-state index in [1.54, 1.807) is 27.7 Å². The van der Waals surface area contributed by atoms with Crippen LogP contribution in [-0.4, -0.2) is 55.1 Å². The molecule has 154 valence electrons. The molecule has 1 aromatic heterocycles. The molecule has 9 heteroatoms. The molecule has 0 fully saturated rings. The Labute approximate surface area is 166 Å². The van der Waals surface area contributed by atoms with Crippen LogP contribution in [0.25, 0.3) is 0 Å². The minimum absolute atomic E-state index is 0.471. The molecule has 0 bridgehead atoms. The van der Waals surface area contributed by atoms with Crippen LogP contribution in [0.1, 0.15) is 25.2 Å². The molecule has 1 heterocycles. The van der Waals surface area contributed by atoms with Gasteiger partial charge in [-0.25, -0.2) is 4.99 Å². The number of aryl methyl sites for hydroxylation is 1. The lowest BCUT2D eigenvalue weighted by Crippen LogP contribution is -2.38. The highest BCUT2D eigenvalue weighted by Gasteiger charge is 2.13. The van der Waals surface area contributed by atoms with E-state index in [0.29, 0.717) is 30.3 Å². The van der Waals surface area contributed by atoms with Crippen LogP contribution in [0.4, 0.5) is 0 Å². The minimum Gasteiger partial charge on any atom is -0.493 e. The summed E-state index contributed by atoms with van der Waals surface area (Å²) in [7, 11) is 4.79. The fourth-order valence-corrected chi connectivity index (χ4v) is 2.77. The second-order valence-corrected chi connectivity index (χ2v) is 5.95. The maximum atomic E-state index is 5.40. The van der Waals surface area contributed by atoms with E-state index in [-0.39, 0.29) is 0 Å². The molecule has 0 atom stereocenters. The summed E-state index contributed by atoms with van der Waals surface area (Å²) in [5.74, 6) is 3.52. The summed E-state index contributed by atoms with van der Waals surface area (Å²) in [5.41, 5.74) is 0.957. The molecule has 1 aromatic carbocycles. The number of aromatic nitrogens is 3. The number of nitrogens with one attached hydrogen (secondary N) is 2. The average molecular weight is 390 g/mol. The molecular formula is C19H30N6O3. The van der Waals surface area contributed by atoms with Gasteiger partial charge in [0.1, 0.15) is 12.2 Å². The molecule has 9 nitrogen and oxygen atoms in total. The molecule has 0 unspecified atom stereocenters. The van der Waals surface area contributed by atoms with Gasteiger partial charge in [0.05, 0.1) is 27.9 Å². The first-order chi connectivity index (χ1) is 13.7. The first-order valence-corrected chi connectivity index (χ1v) is 9.34. The number of methoxy groups -OCH3 is 3. The Hall–Kier alpha value is -2.97. The van der Waals surface area contributed by atoms with Crippen molar-refractivity contribution in [2.24, 2.45) is 4.99 Å². The zero-order valence-corrected chi connectivity index (χ0v) is 17.3. The van der Waals surface area contributed by atoms with Gasteiger partial charge in [0, 0.05) is 26.1 Å². The molecule has 0 radical (unpaired) electrons. The number of hydrogen-bond donors (Lipinski definition) is 2. The summed E-state index contributed by atoms with van der Waals surface area (Å²) >= 11 is 0. The Bertz CT molecular complexity index is 750. The molecule has 2 aromatic rings. The topological polar surface area (TPSA) is 94.8 Å². The van der Waals surface area contributed by atoms with E-state index >= 15 is 0 Å². The summed E-state index contributed by atoms with van der Waals surface area (Å²) in [6.45, 7) is 6.83. The molecule has 0 saturated carbocycles. The number of benzene rings is 1. The molecule has 0 amide bonds. The molecule has 0 aliphatic carbocycles. The third kappa shape index (κ3) is 5.51. The van der Waals surface area contributed by atoms with Gasteiger partial charge >= 0.3 is 0 Å². The first-order valence-electron chi connectivity index (χ1n) is 9.34. The Morgan fingerprint density at radius 3 is 2.36 bits per heavy atom. The number of nitrogens with zero attached hydrogens (tertiary/aromatic N) is 4. The summed E-state index contributed by atoms with van der Waals surface area (Å²) in [4.78, 5) is 4.65. The monoisotopic (exact) mass is 390 g/mol. The second-order valence-electron chi connectivity index (χ2n) is 5.95. The summed E-state index contributed by atoms with van der Waals surface area (Å²) < 4.78 is 18.2. The summed E-state index contributed by atoms with van der Waals surface area (Å²) in [6.07, 6.45) is 2.61. The average Bonchev–Trinajstić information content (AvgIpc) is 3.18. The van der Waals surface area contributed by atoms with Crippen LogP contribution in [0.2, 0.25) is 0 Å². The fourth-order valence-electron chi connectivity index (χ4n) is 2.77. The van der Waals surface area contributed by atoms with E-state index < -0.39 is 0 Å². The third-order valence-corrected chi connectivity index (χ3v) is 4.15. The van der Waals surface area contributed by atoms with Crippen molar-refractivity contribution in [3.63, 3.8) is 0 Å². The smallest absolute Gasteiger partial charge is 0.203 e. The number of rotatable bonds is 10. The van der Waals surface area contributed by atoms with Gasteiger partial charge in [0.15, 0.2) is 17.5 Å². The number of guanidine groups is 1. The number of hydrogen-bond acceptors (Lipinski definition) is 6. The molecule has 28 heavy (non-hydrogen) atoms. The van der Waals surface area contributed by atoms with Gasteiger partial charge in [-0.3, -0.25) is 0 Å². The first kappa shape index (κ1) is 21.3. The lowest BCUT2D eigenvalue weighted by atomic mass is 10.2. The van der Waals surface area contributed by atoms with Crippen molar-refractivity contribution in [3.05, 3.63) is 29.8 Å². The van der Waals surface area contributed by atoms with Crippen LogP contribution in [0.5, 0.6) is 17.2 Å². The van der Waals surface area contributed by atoms with Gasteiger partial charge in [0.2, 0.25) is 5.75 Å². The predicted octanol–water partition coefficient (Wildman–Crippen LogP) is 1.62. The predicted molar refractivity (Wildman–Crippen MR) is 108 cm³/mol. The van der Waals surface area contributed by atoms with Crippen LogP contribution < -0.4 is 24.8 Å². The molecular weight excluding hydrogens is 360 g/mol. The number of aliphatic imine (C=N–C) groups is 1. The van der Waals surface area contributed by atoms with E-state index in [9.17, 15) is 0 Å². The van der Waals surface area contributed by atoms with Gasteiger partial charge in [-0.1, -0.05) is 6.92 Å². The van der Waals surface area contributed by atoms with Gasteiger partial charge < -0.3 is 29.4 Å². The van der Waals surface area contributed by atoms with Crippen LogP contribution in [0.15, 0.2) is 23.5 Å². The van der Waals surface area contributed by atoms with Crippen molar-refractivity contribution in [1.82, 2.24) is 25.4 Å². The molecule has 0 saturated heterocycles. The van der Waals surface area contributed by atoms with Crippen molar-refractivity contribution in [2.45, 2.75) is 33.4 Å². The summed E-state index contributed by atoms with van der Waals surface area (Å²) in [5, 5.41) is 14.6. The second kappa shape index (κ2) is 11.0. The Morgan fingerprint density at radius 1 is 1.07 bits per heavy atom. The minimum atomic E-state index is 0.471. The maximum absolute atomic E-state index is 5.40. The van der Waals surface area contributed by atoms with E-state index in [0.717, 1.165) is 36.9 Å². The van der Waals surface area contributed by atoms with E-state index in [4.69, 9.17) is 14.2 Å².